The second kappa shape index (κ2) is 5.21. The SMILES string of the molecule is CCC(N)c1cc(-c2ccc(Cl)cc2Br)no1. The summed E-state index contributed by atoms with van der Waals surface area (Å²) >= 11 is 9.34. The second-order valence-electron chi connectivity index (χ2n) is 3.75. The number of hydrogen-bond acceptors (Lipinski definition) is 3. The summed E-state index contributed by atoms with van der Waals surface area (Å²) in [5.74, 6) is 0.698. The molecule has 90 valence electrons. The van der Waals surface area contributed by atoms with E-state index in [0.29, 0.717) is 10.8 Å². The van der Waals surface area contributed by atoms with Crippen molar-refractivity contribution < 1.29 is 4.52 Å². The van der Waals surface area contributed by atoms with Crippen molar-refractivity contribution in [2.75, 3.05) is 0 Å². The standard InChI is InChI=1S/C12H12BrClN2O/c1-2-10(15)12-6-11(16-17-12)8-4-3-7(14)5-9(8)13/h3-6,10H,2,15H2,1H3. The van der Waals surface area contributed by atoms with Gasteiger partial charge in [-0.15, -0.1) is 0 Å². The third kappa shape index (κ3) is 2.70. The van der Waals surface area contributed by atoms with Crippen LogP contribution in [0.15, 0.2) is 33.3 Å². The number of hydrogen-bond donors (Lipinski definition) is 1. The van der Waals surface area contributed by atoms with Gasteiger partial charge >= 0.3 is 0 Å². The van der Waals surface area contributed by atoms with E-state index in [0.717, 1.165) is 22.2 Å². The number of nitrogens with two attached hydrogens (primary N) is 1. The minimum absolute atomic E-state index is 0.109. The van der Waals surface area contributed by atoms with Gasteiger partial charge in [0.25, 0.3) is 0 Å². The Labute approximate surface area is 113 Å². The van der Waals surface area contributed by atoms with Gasteiger partial charge in [0.2, 0.25) is 0 Å². The van der Waals surface area contributed by atoms with Crippen LogP contribution < -0.4 is 5.73 Å². The minimum atomic E-state index is -0.109. The molecule has 0 amide bonds. The highest BCUT2D eigenvalue weighted by Crippen LogP contribution is 2.31. The number of halogens is 2. The molecular weight excluding hydrogens is 304 g/mol. The van der Waals surface area contributed by atoms with Crippen molar-refractivity contribution in [2.24, 2.45) is 5.73 Å². The molecule has 1 aromatic carbocycles. The summed E-state index contributed by atoms with van der Waals surface area (Å²) in [6, 6.07) is 7.29. The van der Waals surface area contributed by atoms with E-state index in [1.807, 2.05) is 31.2 Å². The van der Waals surface area contributed by atoms with Crippen LogP contribution in [0.2, 0.25) is 5.02 Å². The molecule has 0 aliphatic rings. The summed E-state index contributed by atoms with van der Waals surface area (Å²) in [5.41, 5.74) is 7.58. The van der Waals surface area contributed by atoms with E-state index < -0.39 is 0 Å². The number of rotatable bonds is 3. The lowest BCUT2D eigenvalue weighted by Crippen LogP contribution is -2.06. The van der Waals surface area contributed by atoms with Gasteiger partial charge in [-0.05, 0) is 18.6 Å². The van der Waals surface area contributed by atoms with Gasteiger partial charge in [0.15, 0.2) is 5.76 Å². The van der Waals surface area contributed by atoms with E-state index in [2.05, 4.69) is 21.1 Å². The fourth-order valence-electron chi connectivity index (χ4n) is 1.49. The van der Waals surface area contributed by atoms with E-state index in [-0.39, 0.29) is 6.04 Å². The largest absolute Gasteiger partial charge is 0.359 e. The quantitative estimate of drug-likeness (QED) is 0.925. The van der Waals surface area contributed by atoms with Gasteiger partial charge in [0.1, 0.15) is 5.69 Å². The molecule has 0 spiro atoms. The van der Waals surface area contributed by atoms with Crippen LogP contribution in [-0.2, 0) is 0 Å². The van der Waals surface area contributed by atoms with Crippen LogP contribution >= 0.6 is 27.5 Å². The van der Waals surface area contributed by atoms with Crippen molar-refractivity contribution in [2.45, 2.75) is 19.4 Å². The molecule has 0 aliphatic heterocycles. The highest BCUT2D eigenvalue weighted by atomic mass is 79.9. The first-order chi connectivity index (χ1) is 8.11. The Morgan fingerprint density at radius 3 is 2.88 bits per heavy atom. The zero-order valence-corrected chi connectivity index (χ0v) is 11.6. The molecule has 0 fully saturated rings. The van der Waals surface area contributed by atoms with Crippen LogP contribution in [-0.4, -0.2) is 5.16 Å². The molecule has 2 rings (SSSR count). The zero-order valence-electron chi connectivity index (χ0n) is 9.28. The van der Waals surface area contributed by atoms with Crippen LogP contribution in [0, 0.1) is 0 Å². The molecule has 0 saturated carbocycles. The second-order valence-corrected chi connectivity index (χ2v) is 5.04. The molecule has 1 heterocycles. The maximum absolute atomic E-state index is 5.89. The van der Waals surface area contributed by atoms with Crippen molar-refractivity contribution in [1.82, 2.24) is 5.16 Å². The van der Waals surface area contributed by atoms with E-state index in [9.17, 15) is 0 Å². The summed E-state index contributed by atoms with van der Waals surface area (Å²) in [6.45, 7) is 2.01. The molecule has 1 unspecified atom stereocenters. The highest BCUT2D eigenvalue weighted by Gasteiger charge is 2.13. The lowest BCUT2D eigenvalue weighted by Gasteiger charge is -2.01. The van der Waals surface area contributed by atoms with Gasteiger partial charge in [-0.25, -0.2) is 0 Å². The number of benzene rings is 1. The molecule has 0 radical (unpaired) electrons. The lowest BCUT2D eigenvalue weighted by molar-refractivity contribution is 0.360. The molecule has 1 atom stereocenters. The van der Waals surface area contributed by atoms with Crippen LogP contribution in [0.5, 0.6) is 0 Å². The average Bonchev–Trinajstić information content (AvgIpc) is 2.77. The molecule has 1 aromatic heterocycles. The molecule has 17 heavy (non-hydrogen) atoms. The normalized spacial score (nSPS) is 12.7. The van der Waals surface area contributed by atoms with E-state index in [1.165, 1.54) is 0 Å². The number of aromatic nitrogens is 1. The molecule has 5 heteroatoms. The first-order valence-electron chi connectivity index (χ1n) is 5.29. The maximum atomic E-state index is 5.89. The monoisotopic (exact) mass is 314 g/mol. The van der Waals surface area contributed by atoms with Gasteiger partial charge in [0, 0.05) is 21.1 Å². The van der Waals surface area contributed by atoms with Gasteiger partial charge in [-0.2, -0.15) is 0 Å². The summed E-state index contributed by atoms with van der Waals surface area (Å²) in [7, 11) is 0. The summed E-state index contributed by atoms with van der Waals surface area (Å²) in [4.78, 5) is 0. The Hall–Kier alpha value is -0.840. The van der Waals surface area contributed by atoms with Crippen molar-refractivity contribution in [3.05, 3.63) is 39.5 Å². The Morgan fingerprint density at radius 1 is 1.47 bits per heavy atom. The molecule has 3 nitrogen and oxygen atoms in total. The molecule has 0 aliphatic carbocycles. The van der Waals surface area contributed by atoms with Crippen molar-refractivity contribution in [3.63, 3.8) is 0 Å². The maximum Gasteiger partial charge on any atom is 0.154 e. The summed E-state index contributed by atoms with van der Waals surface area (Å²) in [5, 5.41) is 4.69. The van der Waals surface area contributed by atoms with E-state index in [1.54, 1.807) is 0 Å². The van der Waals surface area contributed by atoms with Crippen LogP contribution in [0.1, 0.15) is 25.1 Å². The van der Waals surface area contributed by atoms with Crippen LogP contribution in [0.25, 0.3) is 11.3 Å². The van der Waals surface area contributed by atoms with Crippen molar-refractivity contribution >= 4 is 27.5 Å². The van der Waals surface area contributed by atoms with Gasteiger partial charge < -0.3 is 10.3 Å². The zero-order chi connectivity index (χ0) is 12.4. The Morgan fingerprint density at radius 2 is 2.24 bits per heavy atom. The van der Waals surface area contributed by atoms with Gasteiger partial charge in [0.05, 0.1) is 6.04 Å². The summed E-state index contributed by atoms with van der Waals surface area (Å²) < 4.78 is 6.11. The lowest BCUT2D eigenvalue weighted by atomic mass is 10.1. The number of nitrogens with zero attached hydrogens (tertiary/aromatic N) is 1. The topological polar surface area (TPSA) is 52.0 Å². The average molecular weight is 316 g/mol. The Kier molecular flexibility index (Phi) is 3.86. The first kappa shape index (κ1) is 12.6. The van der Waals surface area contributed by atoms with Gasteiger partial charge in [-0.3, -0.25) is 0 Å². The summed E-state index contributed by atoms with van der Waals surface area (Å²) in [6.07, 6.45) is 0.816. The minimum Gasteiger partial charge on any atom is -0.359 e. The van der Waals surface area contributed by atoms with Gasteiger partial charge in [-0.1, -0.05) is 45.7 Å². The fraction of sp³-hybridized carbons (Fsp3) is 0.250. The molecular formula is C12H12BrClN2O. The van der Waals surface area contributed by atoms with E-state index in [4.69, 9.17) is 21.9 Å². The molecule has 2 N–H and O–H groups in total. The fourth-order valence-corrected chi connectivity index (χ4v) is 2.38. The van der Waals surface area contributed by atoms with Crippen LogP contribution in [0.4, 0.5) is 0 Å². The van der Waals surface area contributed by atoms with E-state index >= 15 is 0 Å². The van der Waals surface area contributed by atoms with Crippen molar-refractivity contribution in [3.8, 4) is 11.3 Å². The third-order valence-corrected chi connectivity index (χ3v) is 3.43. The first-order valence-corrected chi connectivity index (χ1v) is 6.46. The smallest absolute Gasteiger partial charge is 0.154 e. The predicted molar refractivity (Wildman–Crippen MR) is 71.9 cm³/mol. The van der Waals surface area contributed by atoms with Crippen LogP contribution in [0.3, 0.4) is 0 Å². The molecule has 0 bridgehead atoms. The molecule has 2 aromatic rings. The Bertz CT molecular complexity index is 527. The third-order valence-electron chi connectivity index (χ3n) is 2.54. The predicted octanol–water partition coefficient (Wildman–Crippen LogP) is 4.17. The Balaban J connectivity index is 2.37. The van der Waals surface area contributed by atoms with Crippen molar-refractivity contribution in [1.29, 1.82) is 0 Å². The molecule has 0 saturated heterocycles. The highest BCUT2D eigenvalue weighted by molar-refractivity contribution is 9.10.